The van der Waals surface area contributed by atoms with Gasteiger partial charge in [-0.3, -0.25) is 0 Å². The lowest BCUT2D eigenvalue weighted by molar-refractivity contribution is 0.439. The fourth-order valence-electron chi connectivity index (χ4n) is 2.58. The van der Waals surface area contributed by atoms with Crippen molar-refractivity contribution in [2.45, 2.75) is 6.92 Å². The number of nitrogens with zero attached hydrogens (tertiary/aromatic N) is 5. The van der Waals surface area contributed by atoms with Crippen molar-refractivity contribution >= 4 is 10.9 Å². The molecular weight excluding hydrogens is 314 g/mol. The third-order valence-corrected chi connectivity index (χ3v) is 3.72. The predicted octanol–water partition coefficient (Wildman–Crippen LogP) is 3.79. The summed E-state index contributed by atoms with van der Waals surface area (Å²) in [6, 6.07) is 19.3. The van der Waals surface area contributed by atoms with Gasteiger partial charge in [0.05, 0.1) is 17.4 Å². The number of nitriles is 1. The molecule has 0 saturated carbocycles. The fraction of sp³-hybridized carbons (Fsp3) is 0.0526. The van der Waals surface area contributed by atoms with E-state index in [0.29, 0.717) is 11.4 Å². The average molecular weight is 327 g/mol. The summed E-state index contributed by atoms with van der Waals surface area (Å²) in [6.45, 7) is 1.79. The third kappa shape index (κ3) is 2.91. The van der Waals surface area contributed by atoms with E-state index in [4.69, 9.17) is 10.00 Å². The van der Waals surface area contributed by atoms with Crippen molar-refractivity contribution in [3.05, 3.63) is 72.2 Å². The lowest BCUT2D eigenvalue weighted by Gasteiger charge is -2.07. The maximum absolute atomic E-state index is 8.98. The Morgan fingerprint density at radius 3 is 2.64 bits per heavy atom. The quantitative estimate of drug-likeness (QED) is 0.572. The fourth-order valence-corrected chi connectivity index (χ4v) is 2.58. The van der Waals surface area contributed by atoms with Crippen molar-refractivity contribution in [1.29, 1.82) is 5.26 Å². The first-order valence-electron chi connectivity index (χ1n) is 7.70. The molecule has 2 aromatic heterocycles. The van der Waals surface area contributed by atoms with Crippen molar-refractivity contribution in [3.8, 4) is 23.5 Å². The summed E-state index contributed by atoms with van der Waals surface area (Å²) in [5.41, 5.74) is 2.93. The van der Waals surface area contributed by atoms with Crippen LogP contribution in [0.3, 0.4) is 0 Å². The molecule has 0 unspecified atom stereocenters. The molecule has 6 nitrogen and oxygen atoms in total. The van der Waals surface area contributed by atoms with E-state index in [9.17, 15) is 0 Å². The number of para-hydroxylation sites is 1. The summed E-state index contributed by atoms with van der Waals surface area (Å²) < 4.78 is 7.53. The number of benzene rings is 2. The summed E-state index contributed by atoms with van der Waals surface area (Å²) >= 11 is 0. The molecule has 4 rings (SSSR count). The van der Waals surface area contributed by atoms with Gasteiger partial charge in [-0.2, -0.15) is 15.3 Å². The van der Waals surface area contributed by atoms with E-state index < -0.39 is 0 Å². The molecule has 0 aliphatic carbocycles. The minimum Gasteiger partial charge on any atom is -0.424 e. The molecule has 2 aromatic carbocycles. The van der Waals surface area contributed by atoms with Gasteiger partial charge in [-0.15, -0.1) is 0 Å². The SMILES string of the molecule is Cc1cc(C#N)nc(Oc2ccc(-n3ncc4ccccc43)cc2)n1. The Balaban J connectivity index is 1.62. The largest absolute Gasteiger partial charge is 0.424 e. The Morgan fingerprint density at radius 2 is 1.84 bits per heavy atom. The zero-order valence-corrected chi connectivity index (χ0v) is 13.4. The van der Waals surface area contributed by atoms with Crippen LogP contribution in [-0.4, -0.2) is 19.7 Å². The summed E-state index contributed by atoms with van der Waals surface area (Å²) in [6.07, 6.45) is 1.84. The first-order chi connectivity index (χ1) is 12.2. The van der Waals surface area contributed by atoms with Gasteiger partial charge in [-0.05, 0) is 43.3 Å². The van der Waals surface area contributed by atoms with E-state index in [1.807, 2.05) is 65.5 Å². The monoisotopic (exact) mass is 327 g/mol. The lowest BCUT2D eigenvalue weighted by Crippen LogP contribution is -1.98. The van der Waals surface area contributed by atoms with Crippen LogP contribution < -0.4 is 4.74 Å². The number of fused-ring (bicyclic) bond motifs is 1. The highest BCUT2D eigenvalue weighted by Gasteiger charge is 2.07. The molecule has 0 bridgehead atoms. The van der Waals surface area contributed by atoms with Crippen LogP contribution in [0.4, 0.5) is 0 Å². The maximum atomic E-state index is 8.98. The van der Waals surface area contributed by atoms with E-state index in [2.05, 4.69) is 15.1 Å². The molecule has 0 amide bonds. The van der Waals surface area contributed by atoms with Crippen LogP contribution in [0.25, 0.3) is 16.6 Å². The topological polar surface area (TPSA) is 76.6 Å². The number of aryl methyl sites for hydroxylation is 1. The zero-order valence-electron chi connectivity index (χ0n) is 13.4. The standard InChI is InChI=1S/C19H13N5O/c1-13-10-15(11-20)23-19(22-13)25-17-8-6-16(7-9-17)24-18-5-3-2-4-14(18)12-21-24/h2-10,12H,1H3. The van der Waals surface area contributed by atoms with E-state index in [0.717, 1.165) is 16.6 Å². The number of ether oxygens (including phenoxy) is 1. The van der Waals surface area contributed by atoms with Gasteiger partial charge in [0.15, 0.2) is 0 Å². The van der Waals surface area contributed by atoms with Gasteiger partial charge in [0, 0.05) is 11.1 Å². The normalized spacial score (nSPS) is 10.6. The zero-order chi connectivity index (χ0) is 17.2. The van der Waals surface area contributed by atoms with Gasteiger partial charge in [-0.25, -0.2) is 9.67 Å². The van der Waals surface area contributed by atoms with E-state index >= 15 is 0 Å². The molecule has 2 heterocycles. The lowest BCUT2D eigenvalue weighted by atomic mass is 10.2. The summed E-state index contributed by atoms with van der Waals surface area (Å²) in [7, 11) is 0. The van der Waals surface area contributed by atoms with Gasteiger partial charge in [-0.1, -0.05) is 18.2 Å². The predicted molar refractivity (Wildman–Crippen MR) is 92.6 cm³/mol. The molecular formula is C19H13N5O. The molecule has 0 aliphatic heterocycles. The molecule has 25 heavy (non-hydrogen) atoms. The van der Waals surface area contributed by atoms with Crippen molar-refractivity contribution < 1.29 is 4.74 Å². The third-order valence-electron chi connectivity index (χ3n) is 3.72. The molecule has 0 N–H and O–H groups in total. The van der Waals surface area contributed by atoms with Crippen molar-refractivity contribution in [2.24, 2.45) is 0 Å². The van der Waals surface area contributed by atoms with Gasteiger partial charge in [0.1, 0.15) is 17.5 Å². The van der Waals surface area contributed by atoms with Crippen LogP contribution in [0.1, 0.15) is 11.4 Å². The average Bonchev–Trinajstić information content (AvgIpc) is 3.06. The van der Waals surface area contributed by atoms with Crippen LogP contribution in [0.5, 0.6) is 11.8 Å². The smallest absolute Gasteiger partial charge is 0.323 e. The summed E-state index contributed by atoms with van der Waals surface area (Å²) in [5.74, 6) is 0.592. The number of hydrogen-bond donors (Lipinski definition) is 0. The van der Waals surface area contributed by atoms with E-state index in [-0.39, 0.29) is 11.7 Å². The van der Waals surface area contributed by atoms with Crippen molar-refractivity contribution in [3.63, 3.8) is 0 Å². The van der Waals surface area contributed by atoms with Gasteiger partial charge < -0.3 is 4.74 Å². The van der Waals surface area contributed by atoms with Gasteiger partial charge in [0.25, 0.3) is 0 Å². The molecule has 0 radical (unpaired) electrons. The van der Waals surface area contributed by atoms with Gasteiger partial charge >= 0.3 is 6.01 Å². The number of hydrogen-bond acceptors (Lipinski definition) is 5. The molecule has 0 saturated heterocycles. The van der Waals surface area contributed by atoms with Crippen LogP contribution >= 0.6 is 0 Å². The molecule has 0 fully saturated rings. The highest BCUT2D eigenvalue weighted by atomic mass is 16.5. The highest BCUT2D eigenvalue weighted by molar-refractivity contribution is 5.80. The Hall–Kier alpha value is -3.72. The van der Waals surface area contributed by atoms with Crippen molar-refractivity contribution in [1.82, 2.24) is 19.7 Å². The second-order valence-electron chi connectivity index (χ2n) is 5.50. The summed E-state index contributed by atoms with van der Waals surface area (Å²) in [4.78, 5) is 8.24. The van der Waals surface area contributed by atoms with Crippen LogP contribution in [0.15, 0.2) is 60.8 Å². The van der Waals surface area contributed by atoms with Crippen molar-refractivity contribution in [2.75, 3.05) is 0 Å². The van der Waals surface area contributed by atoms with Crippen LogP contribution in [0, 0.1) is 18.3 Å². The highest BCUT2D eigenvalue weighted by Crippen LogP contribution is 2.22. The summed E-state index contributed by atoms with van der Waals surface area (Å²) in [5, 5.41) is 14.5. The maximum Gasteiger partial charge on any atom is 0.323 e. The second kappa shape index (κ2) is 6.06. The molecule has 0 atom stereocenters. The Morgan fingerprint density at radius 1 is 1.04 bits per heavy atom. The molecule has 0 spiro atoms. The Bertz CT molecular complexity index is 1090. The number of rotatable bonds is 3. The van der Waals surface area contributed by atoms with Gasteiger partial charge in [0.2, 0.25) is 0 Å². The second-order valence-corrected chi connectivity index (χ2v) is 5.50. The van der Waals surface area contributed by atoms with Crippen LogP contribution in [0.2, 0.25) is 0 Å². The van der Waals surface area contributed by atoms with E-state index in [1.54, 1.807) is 13.0 Å². The molecule has 6 heteroatoms. The Labute approximate surface area is 144 Å². The first-order valence-corrected chi connectivity index (χ1v) is 7.70. The van der Waals surface area contributed by atoms with E-state index in [1.165, 1.54) is 0 Å². The minimum absolute atomic E-state index is 0.161. The molecule has 4 aromatic rings. The minimum atomic E-state index is 0.161. The molecule has 120 valence electrons. The Kier molecular flexibility index (Phi) is 3.60. The van der Waals surface area contributed by atoms with Crippen LogP contribution in [-0.2, 0) is 0 Å². The number of aromatic nitrogens is 4. The first kappa shape index (κ1) is 14.8. The molecule has 0 aliphatic rings.